The third kappa shape index (κ3) is 4.19. The Morgan fingerprint density at radius 3 is 2.34 bits per heavy atom. The third-order valence-electron chi connectivity index (χ3n) is 5.12. The van der Waals surface area contributed by atoms with Crippen LogP contribution in [0.3, 0.4) is 0 Å². The first-order chi connectivity index (χ1) is 14.1. The molecule has 3 aromatic carbocycles. The fourth-order valence-electron chi connectivity index (χ4n) is 3.55. The summed E-state index contributed by atoms with van der Waals surface area (Å²) in [7, 11) is 0. The number of hydrogen-bond acceptors (Lipinski definition) is 2. The second-order valence-electron chi connectivity index (χ2n) is 7.08. The molecule has 1 aliphatic heterocycles. The second-order valence-corrected chi connectivity index (χ2v) is 7.08. The highest BCUT2D eigenvalue weighted by molar-refractivity contribution is 6.07. The van der Waals surface area contributed by atoms with Crippen LogP contribution in [0.2, 0.25) is 0 Å². The molecule has 4 nitrogen and oxygen atoms in total. The standard InChI is InChI=1S/C24H21FN2O2/c25-21-13-7-17(8-14-21)16-26-23(28)19-9-11-20(12-10-19)24(29)27-15-3-5-18-4-1-2-6-22(18)27/h1-2,4,6-14H,3,5,15-16H2,(H,26,28). The van der Waals surface area contributed by atoms with Gasteiger partial charge in [-0.15, -0.1) is 0 Å². The molecule has 146 valence electrons. The summed E-state index contributed by atoms with van der Waals surface area (Å²) in [5.41, 5.74) is 3.99. The molecule has 0 radical (unpaired) electrons. The Morgan fingerprint density at radius 2 is 1.59 bits per heavy atom. The molecule has 5 heteroatoms. The zero-order chi connectivity index (χ0) is 20.2. The Kier molecular flexibility index (Phi) is 5.38. The van der Waals surface area contributed by atoms with Crippen molar-refractivity contribution in [2.45, 2.75) is 19.4 Å². The lowest BCUT2D eigenvalue weighted by Gasteiger charge is -2.29. The van der Waals surface area contributed by atoms with Crippen molar-refractivity contribution in [3.63, 3.8) is 0 Å². The van der Waals surface area contributed by atoms with E-state index < -0.39 is 0 Å². The molecule has 3 aromatic rings. The van der Waals surface area contributed by atoms with E-state index in [1.807, 2.05) is 23.1 Å². The number of aryl methyl sites for hydroxylation is 1. The average Bonchev–Trinajstić information content (AvgIpc) is 2.78. The summed E-state index contributed by atoms with van der Waals surface area (Å²) in [6.45, 7) is 1.00. The number of halogens is 1. The molecule has 4 rings (SSSR count). The van der Waals surface area contributed by atoms with Crippen molar-refractivity contribution in [2.24, 2.45) is 0 Å². The lowest BCUT2D eigenvalue weighted by Crippen LogP contribution is -2.35. The lowest BCUT2D eigenvalue weighted by molar-refractivity contribution is 0.0947. The van der Waals surface area contributed by atoms with Gasteiger partial charge in [0.2, 0.25) is 0 Å². The van der Waals surface area contributed by atoms with Crippen LogP contribution in [0.25, 0.3) is 0 Å². The summed E-state index contributed by atoms with van der Waals surface area (Å²) >= 11 is 0. The van der Waals surface area contributed by atoms with Crippen LogP contribution >= 0.6 is 0 Å². The number of nitrogens with zero attached hydrogens (tertiary/aromatic N) is 1. The van der Waals surface area contributed by atoms with E-state index >= 15 is 0 Å². The number of carbonyl (C=O) groups is 2. The maximum Gasteiger partial charge on any atom is 0.258 e. The van der Waals surface area contributed by atoms with E-state index in [1.165, 1.54) is 17.7 Å². The fraction of sp³-hybridized carbons (Fsp3) is 0.167. The quantitative estimate of drug-likeness (QED) is 0.722. The maximum atomic E-state index is 13.0. The second kappa shape index (κ2) is 8.27. The van der Waals surface area contributed by atoms with Crippen LogP contribution in [-0.2, 0) is 13.0 Å². The summed E-state index contributed by atoms with van der Waals surface area (Å²) in [4.78, 5) is 27.1. The first kappa shape index (κ1) is 18.9. The minimum absolute atomic E-state index is 0.0598. The van der Waals surface area contributed by atoms with Gasteiger partial charge in [0.25, 0.3) is 11.8 Å². The van der Waals surface area contributed by atoms with Crippen molar-refractivity contribution in [1.82, 2.24) is 5.32 Å². The van der Waals surface area contributed by atoms with Crippen LogP contribution in [-0.4, -0.2) is 18.4 Å². The van der Waals surface area contributed by atoms with Gasteiger partial charge in [0, 0.05) is 29.9 Å². The van der Waals surface area contributed by atoms with Crippen molar-refractivity contribution < 1.29 is 14.0 Å². The van der Waals surface area contributed by atoms with Crippen LogP contribution in [0.5, 0.6) is 0 Å². The summed E-state index contributed by atoms with van der Waals surface area (Å²) in [5.74, 6) is -0.608. The molecule has 0 unspecified atom stereocenters. The van der Waals surface area contributed by atoms with Gasteiger partial charge in [-0.1, -0.05) is 30.3 Å². The minimum Gasteiger partial charge on any atom is -0.348 e. The zero-order valence-electron chi connectivity index (χ0n) is 15.9. The number of para-hydroxylation sites is 1. The van der Waals surface area contributed by atoms with E-state index in [2.05, 4.69) is 11.4 Å². The van der Waals surface area contributed by atoms with Gasteiger partial charge in [0.1, 0.15) is 5.82 Å². The molecule has 0 saturated carbocycles. The van der Waals surface area contributed by atoms with Crippen molar-refractivity contribution in [2.75, 3.05) is 11.4 Å². The Bertz CT molecular complexity index is 1030. The predicted octanol–water partition coefficient (Wildman–Crippen LogP) is 4.35. The van der Waals surface area contributed by atoms with Crippen LogP contribution in [0.4, 0.5) is 10.1 Å². The SMILES string of the molecule is O=C(NCc1ccc(F)cc1)c1ccc(C(=O)N2CCCc3ccccc32)cc1. The first-order valence-electron chi connectivity index (χ1n) is 9.64. The van der Waals surface area contributed by atoms with Crippen molar-refractivity contribution in [1.29, 1.82) is 0 Å². The van der Waals surface area contributed by atoms with Crippen LogP contribution < -0.4 is 10.2 Å². The molecule has 0 fully saturated rings. The molecule has 0 atom stereocenters. The number of carbonyl (C=O) groups excluding carboxylic acids is 2. The molecule has 2 amide bonds. The third-order valence-corrected chi connectivity index (χ3v) is 5.12. The number of hydrogen-bond donors (Lipinski definition) is 1. The molecule has 0 saturated heterocycles. The molecule has 29 heavy (non-hydrogen) atoms. The fourth-order valence-corrected chi connectivity index (χ4v) is 3.55. The summed E-state index contributed by atoms with van der Waals surface area (Å²) in [5, 5.41) is 2.80. The van der Waals surface area contributed by atoms with Gasteiger partial charge in [-0.25, -0.2) is 4.39 Å². The Balaban J connectivity index is 1.43. The minimum atomic E-state index is -0.309. The zero-order valence-corrected chi connectivity index (χ0v) is 15.9. The van der Waals surface area contributed by atoms with Crippen LogP contribution in [0.15, 0.2) is 72.8 Å². The normalized spacial score (nSPS) is 12.9. The molecular weight excluding hydrogens is 367 g/mol. The summed E-state index contributed by atoms with van der Waals surface area (Å²) in [6, 6.07) is 20.6. The summed E-state index contributed by atoms with van der Waals surface area (Å²) in [6.07, 6.45) is 1.92. The summed E-state index contributed by atoms with van der Waals surface area (Å²) < 4.78 is 13.0. The van der Waals surface area contributed by atoms with E-state index in [1.54, 1.807) is 36.4 Å². The number of nitrogens with one attached hydrogen (secondary N) is 1. The number of benzene rings is 3. The molecule has 0 bridgehead atoms. The van der Waals surface area contributed by atoms with Crippen LogP contribution in [0, 0.1) is 5.82 Å². The van der Waals surface area contributed by atoms with E-state index in [-0.39, 0.29) is 17.6 Å². The number of rotatable bonds is 4. The van der Waals surface area contributed by atoms with Crippen molar-refractivity contribution in [3.8, 4) is 0 Å². The van der Waals surface area contributed by atoms with Gasteiger partial charge in [-0.2, -0.15) is 0 Å². The molecule has 1 aliphatic rings. The van der Waals surface area contributed by atoms with Crippen LogP contribution in [0.1, 0.15) is 38.3 Å². The van der Waals surface area contributed by atoms with E-state index in [4.69, 9.17) is 0 Å². The molecule has 1 N–H and O–H groups in total. The highest BCUT2D eigenvalue weighted by atomic mass is 19.1. The highest BCUT2D eigenvalue weighted by Crippen LogP contribution is 2.28. The van der Waals surface area contributed by atoms with E-state index in [0.717, 1.165) is 24.1 Å². The Hall–Kier alpha value is -3.47. The Morgan fingerprint density at radius 1 is 0.897 bits per heavy atom. The van der Waals surface area contributed by atoms with Gasteiger partial charge < -0.3 is 10.2 Å². The average molecular weight is 388 g/mol. The van der Waals surface area contributed by atoms with E-state index in [0.29, 0.717) is 24.2 Å². The first-order valence-corrected chi connectivity index (χ1v) is 9.64. The smallest absolute Gasteiger partial charge is 0.258 e. The molecular formula is C24H21FN2O2. The van der Waals surface area contributed by atoms with E-state index in [9.17, 15) is 14.0 Å². The number of fused-ring (bicyclic) bond motifs is 1. The Labute approximate surface area is 169 Å². The van der Waals surface area contributed by atoms with Gasteiger partial charge in [-0.05, 0) is 66.4 Å². The number of amides is 2. The largest absolute Gasteiger partial charge is 0.348 e. The monoisotopic (exact) mass is 388 g/mol. The van der Waals surface area contributed by atoms with Gasteiger partial charge in [0.15, 0.2) is 0 Å². The number of anilines is 1. The molecule has 1 heterocycles. The molecule has 0 spiro atoms. The van der Waals surface area contributed by atoms with Gasteiger partial charge in [0.05, 0.1) is 0 Å². The lowest BCUT2D eigenvalue weighted by atomic mass is 10.0. The van der Waals surface area contributed by atoms with Crippen molar-refractivity contribution >= 4 is 17.5 Å². The van der Waals surface area contributed by atoms with Crippen molar-refractivity contribution in [3.05, 3.63) is 101 Å². The topological polar surface area (TPSA) is 49.4 Å². The van der Waals surface area contributed by atoms with Gasteiger partial charge in [-0.3, -0.25) is 9.59 Å². The molecule has 0 aromatic heterocycles. The molecule has 0 aliphatic carbocycles. The van der Waals surface area contributed by atoms with Gasteiger partial charge >= 0.3 is 0 Å². The predicted molar refractivity (Wildman–Crippen MR) is 110 cm³/mol. The highest BCUT2D eigenvalue weighted by Gasteiger charge is 2.23. The maximum absolute atomic E-state index is 13.0.